The van der Waals surface area contributed by atoms with Crippen molar-refractivity contribution in [2.75, 3.05) is 0 Å². The molecule has 0 aliphatic heterocycles. The second-order valence-corrected chi connectivity index (χ2v) is 3.11. The molecule has 0 aromatic carbocycles. The van der Waals surface area contributed by atoms with Crippen LogP contribution < -0.4 is 9.86 Å². The monoisotopic (exact) mass is 154 g/mol. The minimum Gasteiger partial charge on any atom is -0.265 e. The quantitative estimate of drug-likeness (QED) is 0.482. The Morgan fingerprint density at radius 1 is 1.75 bits per heavy atom. The number of nitrogens with one attached hydrogen (secondary N) is 1. The van der Waals surface area contributed by atoms with E-state index in [0.717, 1.165) is 0 Å². The van der Waals surface area contributed by atoms with Gasteiger partial charge >= 0.3 is 0 Å². The van der Waals surface area contributed by atoms with Gasteiger partial charge < -0.3 is 0 Å². The summed E-state index contributed by atoms with van der Waals surface area (Å²) in [6.07, 6.45) is 0. The summed E-state index contributed by atoms with van der Waals surface area (Å²) in [5.41, 5.74) is 0. The third-order valence-corrected chi connectivity index (χ3v) is 1.11. The Kier molecular flexibility index (Phi) is 2.32. The molecule has 0 rings (SSSR count). The van der Waals surface area contributed by atoms with Gasteiger partial charge in [0.2, 0.25) is 0 Å². The number of hydrogen-bond acceptors (Lipinski definition) is 3. The van der Waals surface area contributed by atoms with Crippen molar-refractivity contribution in [2.24, 2.45) is 5.14 Å². The van der Waals surface area contributed by atoms with Crippen LogP contribution in [0.4, 0.5) is 0 Å². The molecule has 3 N–H and O–H groups in total. The van der Waals surface area contributed by atoms with Crippen LogP contribution in [0.25, 0.3) is 0 Å². The predicted octanol–water partition coefficient (Wildman–Crippen LogP) is -0.873. The number of thiocarbonyl (C=S) groups is 1. The van der Waals surface area contributed by atoms with Crippen molar-refractivity contribution in [1.82, 2.24) is 4.72 Å². The normalized spacial score (nSPS) is 10.8. The van der Waals surface area contributed by atoms with Crippen molar-refractivity contribution in [3.05, 3.63) is 0 Å². The molecule has 0 aliphatic carbocycles. The zero-order chi connectivity index (χ0) is 6.78. The SMILES string of the molecule is CC(=S)NS(N)(=O)=O. The Balaban J connectivity index is 3.95. The van der Waals surface area contributed by atoms with E-state index in [-0.39, 0.29) is 4.99 Å². The van der Waals surface area contributed by atoms with Gasteiger partial charge in [-0.25, -0.2) is 5.14 Å². The van der Waals surface area contributed by atoms with Gasteiger partial charge in [0.15, 0.2) is 0 Å². The van der Waals surface area contributed by atoms with Crippen LogP contribution in [0, 0.1) is 0 Å². The fraction of sp³-hybridized carbons (Fsp3) is 0.500. The van der Waals surface area contributed by atoms with E-state index in [0.29, 0.717) is 0 Å². The summed E-state index contributed by atoms with van der Waals surface area (Å²) in [4.78, 5) is 0.146. The van der Waals surface area contributed by atoms with Gasteiger partial charge in [0.1, 0.15) is 0 Å². The third kappa shape index (κ3) is 5.80. The van der Waals surface area contributed by atoms with Crippen LogP contribution in [0.2, 0.25) is 0 Å². The summed E-state index contributed by atoms with van der Waals surface area (Å²) in [7, 11) is -3.61. The van der Waals surface area contributed by atoms with Crippen molar-refractivity contribution in [2.45, 2.75) is 6.92 Å². The molecule has 48 valence electrons. The number of hydrogen-bond donors (Lipinski definition) is 2. The van der Waals surface area contributed by atoms with Crippen LogP contribution in [0.3, 0.4) is 0 Å². The Bertz CT molecular complexity index is 182. The van der Waals surface area contributed by atoms with E-state index in [2.05, 4.69) is 17.4 Å². The smallest absolute Gasteiger partial charge is 0.265 e. The summed E-state index contributed by atoms with van der Waals surface area (Å²) in [5, 5.41) is 4.51. The largest absolute Gasteiger partial charge is 0.296 e. The van der Waals surface area contributed by atoms with Gasteiger partial charge in [0.25, 0.3) is 10.2 Å². The molecule has 0 atom stereocenters. The molecule has 0 aliphatic rings. The lowest BCUT2D eigenvalue weighted by Crippen LogP contribution is -2.33. The molecule has 0 aromatic heterocycles. The molecule has 0 fully saturated rings. The molecular formula is C2H6N2O2S2. The van der Waals surface area contributed by atoms with Gasteiger partial charge in [0, 0.05) is 0 Å². The maximum absolute atomic E-state index is 10.0. The van der Waals surface area contributed by atoms with Crippen molar-refractivity contribution in [3.8, 4) is 0 Å². The van der Waals surface area contributed by atoms with Gasteiger partial charge in [-0.3, -0.25) is 4.72 Å². The number of nitrogens with two attached hydrogens (primary N) is 1. The molecule has 0 saturated carbocycles. The second kappa shape index (κ2) is 2.38. The fourth-order valence-corrected chi connectivity index (χ4v) is 0.949. The Hall–Kier alpha value is -0.200. The van der Waals surface area contributed by atoms with Crippen LogP contribution in [0.1, 0.15) is 6.92 Å². The maximum atomic E-state index is 10.0. The molecule has 0 radical (unpaired) electrons. The van der Waals surface area contributed by atoms with Crippen molar-refractivity contribution >= 4 is 27.4 Å². The minimum atomic E-state index is -3.61. The highest BCUT2D eigenvalue weighted by atomic mass is 32.2. The van der Waals surface area contributed by atoms with Crippen LogP contribution >= 0.6 is 12.2 Å². The molecule has 0 amide bonds. The third-order valence-electron chi connectivity index (χ3n) is 0.286. The van der Waals surface area contributed by atoms with Crippen LogP contribution in [0.5, 0.6) is 0 Å². The lowest BCUT2D eigenvalue weighted by molar-refractivity contribution is 0.594. The van der Waals surface area contributed by atoms with E-state index < -0.39 is 10.2 Å². The van der Waals surface area contributed by atoms with E-state index in [4.69, 9.17) is 0 Å². The van der Waals surface area contributed by atoms with Crippen molar-refractivity contribution in [1.29, 1.82) is 0 Å². The Morgan fingerprint density at radius 2 is 2.12 bits per heavy atom. The Labute approximate surface area is 53.2 Å². The van der Waals surface area contributed by atoms with Crippen LogP contribution in [0.15, 0.2) is 0 Å². The second-order valence-electron chi connectivity index (χ2n) is 1.20. The molecular weight excluding hydrogens is 148 g/mol. The minimum absolute atomic E-state index is 0.146. The highest BCUT2D eigenvalue weighted by Crippen LogP contribution is 1.69. The van der Waals surface area contributed by atoms with E-state index in [9.17, 15) is 8.42 Å². The van der Waals surface area contributed by atoms with Gasteiger partial charge in [-0.2, -0.15) is 8.42 Å². The molecule has 0 unspecified atom stereocenters. The molecule has 6 heteroatoms. The molecule has 4 nitrogen and oxygen atoms in total. The number of rotatable bonds is 1. The maximum Gasteiger partial charge on any atom is 0.296 e. The first kappa shape index (κ1) is 7.80. The Morgan fingerprint density at radius 3 is 2.12 bits per heavy atom. The fourth-order valence-electron chi connectivity index (χ4n) is 0.200. The molecule has 0 saturated heterocycles. The van der Waals surface area contributed by atoms with Gasteiger partial charge in [-0.15, -0.1) is 0 Å². The standard InChI is InChI=1S/C2H6N2O2S2/c1-2(7)4-8(3,5)6/h1H3,(H,4,7)(H2,3,5,6). The zero-order valence-electron chi connectivity index (χ0n) is 4.21. The van der Waals surface area contributed by atoms with Crippen molar-refractivity contribution in [3.63, 3.8) is 0 Å². The molecule has 0 heterocycles. The lowest BCUT2D eigenvalue weighted by atomic mass is 10.8. The summed E-state index contributed by atoms with van der Waals surface area (Å²) < 4.78 is 21.9. The first-order chi connectivity index (χ1) is 3.42. The lowest BCUT2D eigenvalue weighted by Gasteiger charge is -1.95. The summed E-state index contributed by atoms with van der Waals surface area (Å²) in [6, 6.07) is 0. The highest BCUT2D eigenvalue weighted by molar-refractivity contribution is 7.89. The highest BCUT2D eigenvalue weighted by Gasteiger charge is 1.97. The molecule has 0 spiro atoms. The first-order valence-electron chi connectivity index (χ1n) is 1.73. The van der Waals surface area contributed by atoms with Gasteiger partial charge in [-0.05, 0) is 6.92 Å². The first-order valence-corrected chi connectivity index (χ1v) is 3.68. The molecule has 8 heavy (non-hydrogen) atoms. The van der Waals surface area contributed by atoms with E-state index in [1.54, 1.807) is 0 Å². The molecule has 0 bridgehead atoms. The predicted molar refractivity (Wildman–Crippen MR) is 34.5 cm³/mol. The summed E-state index contributed by atoms with van der Waals surface area (Å²) in [5.74, 6) is 0. The van der Waals surface area contributed by atoms with Crippen LogP contribution in [-0.4, -0.2) is 13.4 Å². The summed E-state index contributed by atoms with van der Waals surface area (Å²) in [6.45, 7) is 1.43. The molecule has 0 aromatic rings. The summed E-state index contributed by atoms with van der Waals surface area (Å²) >= 11 is 4.37. The topological polar surface area (TPSA) is 72.2 Å². The van der Waals surface area contributed by atoms with Gasteiger partial charge in [0.05, 0.1) is 4.99 Å². The average molecular weight is 154 g/mol. The van der Waals surface area contributed by atoms with E-state index in [1.165, 1.54) is 6.92 Å². The van der Waals surface area contributed by atoms with Crippen molar-refractivity contribution < 1.29 is 8.42 Å². The zero-order valence-corrected chi connectivity index (χ0v) is 5.84. The van der Waals surface area contributed by atoms with E-state index in [1.807, 2.05) is 4.72 Å². The van der Waals surface area contributed by atoms with Gasteiger partial charge in [-0.1, -0.05) is 12.2 Å². The van der Waals surface area contributed by atoms with Crippen LogP contribution in [-0.2, 0) is 10.2 Å². The average Bonchev–Trinajstić information content (AvgIpc) is 1.21. The van der Waals surface area contributed by atoms with E-state index >= 15 is 0 Å².